The van der Waals surface area contributed by atoms with Crippen molar-refractivity contribution in [3.63, 3.8) is 0 Å². The monoisotopic (exact) mass is 297 g/mol. The third kappa shape index (κ3) is 2.87. The predicted molar refractivity (Wildman–Crippen MR) is 71.0 cm³/mol. The topological polar surface area (TPSA) is 38.3 Å². The van der Waals surface area contributed by atoms with Gasteiger partial charge in [0.25, 0.3) is 5.91 Å². The molecule has 0 spiro atoms. The first-order chi connectivity index (χ1) is 8.08. The summed E-state index contributed by atoms with van der Waals surface area (Å²) < 4.78 is 6.45. The van der Waals surface area contributed by atoms with Crippen molar-refractivity contribution in [2.45, 2.75) is 26.4 Å². The fraction of sp³-hybridized carbons (Fsp3) is 0.462. The van der Waals surface area contributed by atoms with Crippen molar-refractivity contribution < 1.29 is 9.53 Å². The van der Waals surface area contributed by atoms with E-state index in [1.807, 2.05) is 32.0 Å². The van der Waals surface area contributed by atoms with Gasteiger partial charge in [0.05, 0.1) is 0 Å². The van der Waals surface area contributed by atoms with Gasteiger partial charge in [0.1, 0.15) is 6.10 Å². The molecule has 0 bridgehead atoms. The zero-order valence-corrected chi connectivity index (χ0v) is 11.6. The first-order valence-corrected chi connectivity index (χ1v) is 6.56. The molecule has 17 heavy (non-hydrogen) atoms. The molecule has 1 aliphatic heterocycles. The SMILES string of the molecule is Cc1cc(Br)ccc1NC(=O)C1OCCC1C. The number of benzene rings is 1. The fourth-order valence-corrected chi connectivity index (χ4v) is 2.48. The second-order valence-corrected chi connectivity index (χ2v) is 5.42. The van der Waals surface area contributed by atoms with Crippen LogP contribution in [0.1, 0.15) is 18.9 Å². The lowest BCUT2D eigenvalue weighted by Crippen LogP contribution is -2.31. The van der Waals surface area contributed by atoms with Crippen LogP contribution in [0.2, 0.25) is 0 Å². The van der Waals surface area contributed by atoms with Gasteiger partial charge in [0.15, 0.2) is 0 Å². The van der Waals surface area contributed by atoms with E-state index in [0.717, 1.165) is 22.1 Å². The van der Waals surface area contributed by atoms with E-state index >= 15 is 0 Å². The number of anilines is 1. The van der Waals surface area contributed by atoms with Gasteiger partial charge >= 0.3 is 0 Å². The molecule has 2 unspecified atom stereocenters. The molecule has 1 aliphatic rings. The van der Waals surface area contributed by atoms with E-state index in [0.29, 0.717) is 12.5 Å². The third-order valence-electron chi connectivity index (χ3n) is 3.09. The minimum atomic E-state index is -0.307. The maximum absolute atomic E-state index is 12.0. The Bertz CT molecular complexity index is 433. The second kappa shape index (κ2) is 5.19. The lowest BCUT2D eigenvalue weighted by atomic mass is 10.0. The summed E-state index contributed by atoms with van der Waals surface area (Å²) in [6.07, 6.45) is 0.648. The number of aryl methyl sites for hydroxylation is 1. The number of nitrogens with one attached hydrogen (secondary N) is 1. The molecule has 0 radical (unpaired) electrons. The summed E-state index contributed by atoms with van der Waals surface area (Å²) in [6, 6.07) is 5.80. The Hall–Kier alpha value is -0.870. The van der Waals surface area contributed by atoms with E-state index in [2.05, 4.69) is 21.2 Å². The number of hydrogen-bond acceptors (Lipinski definition) is 2. The summed E-state index contributed by atoms with van der Waals surface area (Å²) in [6.45, 7) is 4.70. The molecule has 4 heteroatoms. The number of rotatable bonds is 2. The van der Waals surface area contributed by atoms with Crippen LogP contribution >= 0.6 is 15.9 Å². The van der Waals surface area contributed by atoms with Gasteiger partial charge in [-0.1, -0.05) is 22.9 Å². The van der Waals surface area contributed by atoms with Crippen molar-refractivity contribution >= 4 is 27.5 Å². The molecule has 2 rings (SSSR count). The summed E-state index contributed by atoms with van der Waals surface area (Å²) in [4.78, 5) is 12.0. The van der Waals surface area contributed by atoms with Gasteiger partial charge < -0.3 is 10.1 Å². The van der Waals surface area contributed by atoms with Crippen LogP contribution in [0.5, 0.6) is 0 Å². The predicted octanol–water partition coefficient (Wildman–Crippen LogP) is 3.12. The van der Waals surface area contributed by atoms with Crippen LogP contribution in [-0.2, 0) is 9.53 Å². The Balaban J connectivity index is 2.07. The van der Waals surface area contributed by atoms with Crippen molar-refractivity contribution in [3.05, 3.63) is 28.2 Å². The van der Waals surface area contributed by atoms with Crippen LogP contribution in [-0.4, -0.2) is 18.6 Å². The zero-order valence-electron chi connectivity index (χ0n) is 10.00. The van der Waals surface area contributed by atoms with Gasteiger partial charge in [-0.3, -0.25) is 4.79 Å². The van der Waals surface area contributed by atoms with Crippen molar-refractivity contribution in [2.75, 3.05) is 11.9 Å². The molecule has 1 heterocycles. The smallest absolute Gasteiger partial charge is 0.253 e. The van der Waals surface area contributed by atoms with E-state index in [4.69, 9.17) is 4.74 Å². The number of carbonyl (C=O) groups is 1. The molecule has 0 aromatic heterocycles. The minimum absolute atomic E-state index is 0.0413. The summed E-state index contributed by atoms with van der Waals surface area (Å²) in [5.41, 5.74) is 1.89. The lowest BCUT2D eigenvalue weighted by molar-refractivity contribution is -0.126. The maximum Gasteiger partial charge on any atom is 0.253 e. The standard InChI is InChI=1S/C13H16BrNO2/c1-8-5-6-17-12(8)13(16)15-11-4-3-10(14)7-9(11)2/h3-4,7-8,12H,5-6H2,1-2H3,(H,15,16). The maximum atomic E-state index is 12.0. The molecule has 1 saturated heterocycles. The van der Waals surface area contributed by atoms with Crippen LogP contribution in [0.15, 0.2) is 22.7 Å². The number of ether oxygens (including phenoxy) is 1. The van der Waals surface area contributed by atoms with Crippen LogP contribution in [0, 0.1) is 12.8 Å². The highest BCUT2D eigenvalue weighted by Gasteiger charge is 2.30. The van der Waals surface area contributed by atoms with Crippen molar-refractivity contribution in [1.82, 2.24) is 0 Å². The largest absolute Gasteiger partial charge is 0.368 e. The van der Waals surface area contributed by atoms with Crippen molar-refractivity contribution in [1.29, 1.82) is 0 Å². The summed E-state index contributed by atoms with van der Waals surface area (Å²) in [5.74, 6) is 0.256. The molecule has 92 valence electrons. The molecular formula is C13H16BrNO2. The Labute approximate surface area is 110 Å². The average molecular weight is 298 g/mol. The Morgan fingerprint density at radius 3 is 2.88 bits per heavy atom. The van der Waals surface area contributed by atoms with Gasteiger partial charge in [-0.2, -0.15) is 0 Å². The van der Waals surface area contributed by atoms with E-state index in [1.165, 1.54) is 0 Å². The molecule has 2 atom stereocenters. The molecule has 1 amide bonds. The quantitative estimate of drug-likeness (QED) is 0.911. The van der Waals surface area contributed by atoms with Crippen LogP contribution in [0.3, 0.4) is 0 Å². The highest BCUT2D eigenvalue weighted by atomic mass is 79.9. The van der Waals surface area contributed by atoms with Gasteiger partial charge in [0, 0.05) is 16.8 Å². The summed E-state index contributed by atoms with van der Waals surface area (Å²) >= 11 is 3.40. The Morgan fingerprint density at radius 1 is 1.53 bits per heavy atom. The van der Waals surface area contributed by atoms with Crippen LogP contribution < -0.4 is 5.32 Å². The first-order valence-electron chi connectivity index (χ1n) is 5.76. The molecule has 1 aromatic carbocycles. The summed E-state index contributed by atoms with van der Waals surface area (Å²) in [7, 11) is 0. The van der Waals surface area contributed by atoms with Crippen LogP contribution in [0.25, 0.3) is 0 Å². The second-order valence-electron chi connectivity index (χ2n) is 4.51. The minimum Gasteiger partial charge on any atom is -0.368 e. The van der Waals surface area contributed by atoms with E-state index in [1.54, 1.807) is 0 Å². The third-order valence-corrected chi connectivity index (χ3v) is 3.59. The number of hydrogen-bond donors (Lipinski definition) is 1. The van der Waals surface area contributed by atoms with Crippen LogP contribution in [0.4, 0.5) is 5.69 Å². The first kappa shape index (κ1) is 12.6. The Kier molecular flexibility index (Phi) is 3.84. The summed E-state index contributed by atoms with van der Waals surface area (Å²) in [5, 5.41) is 2.92. The molecule has 1 aromatic rings. The normalized spacial score (nSPS) is 23.7. The zero-order chi connectivity index (χ0) is 12.4. The Morgan fingerprint density at radius 2 is 2.29 bits per heavy atom. The molecular weight excluding hydrogens is 282 g/mol. The van der Waals surface area contributed by atoms with E-state index < -0.39 is 0 Å². The van der Waals surface area contributed by atoms with Gasteiger partial charge in [-0.15, -0.1) is 0 Å². The average Bonchev–Trinajstić information content (AvgIpc) is 2.68. The number of carbonyl (C=O) groups excluding carboxylic acids is 1. The lowest BCUT2D eigenvalue weighted by Gasteiger charge is -2.15. The van der Waals surface area contributed by atoms with Crippen molar-refractivity contribution in [2.24, 2.45) is 5.92 Å². The van der Waals surface area contributed by atoms with Gasteiger partial charge in [-0.05, 0) is 43.0 Å². The molecule has 1 fully saturated rings. The molecule has 3 nitrogen and oxygen atoms in total. The van der Waals surface area contributed by atoms with Gasteiger partial charge in [-0.25, -0.2) is 0 Å². The molecule has 0 aliphatic carbocycles. The number of amides is 1. The highest BCUT2D eigenvalue weighted by Crippen LogP contribution is 2.24. The number of halogens is 1. The highest BCUT2D eigenvalue weighted by molar-refractivity contribution is 9.10. The fourth-order valence-electron chi connectivity index (χ4n) is 2.00. The van der Waals surface area contributed by atoms with E-state index in [-0.39, 0.29) is 12.0 Å². The molecule has 1 N–H and O–H groups in total. The van der Waals surface area contributed by atoms with Gasteiger partial charge in [0.2, 0.25) is 0 Å². The van der Waals surface area contributed by atoms with Crippen molar-refractivity contribution in [3.8, 4) is 0 Å². The van der Waals surface area contributed by atoms with E-state index in [9.17, 15) is 4.79 Å². The molecule has 0 saturated carbocycles.